The van der Waals surface area contributed by atoms with Crippen molar-refractivity contribution in [1.29, 1.82) is 0 Å². The quantitative estimate of drug-likeness (QED) is 0.388. The van der Waals surface area contributed by atoms with Crippen LogP contribution in [0.25, 0.3) is 0 Å². The predicted octanol–water partition coefficient (Wildman–Crippen LogP) is 1.96. The van der Waals surface area contributed by atoms with Crippen LogP contribution in [0.4, 0.5) is 0 Å². The van der Waals surface area contributed by atoms with Crippen molar-refractivity contribution >= 4 is 11.9 Å². The highest BCUT2D eigenvalue weighted by Crippen LogP contribution is 2.03. The molecule has 24 heavy (non-hydrogen) atoms. The normalized spacial score (nSPS) is 12.5. The van der Waals surface area contributed by atoms with E-state index in [1.54, 1.807) is 0 Å². The number of esters is 1. The molecular weight excluding hydrogens is 306 g/mol. The third-order valence-electron chi connectivity index (χ3n) is 3.27. The van der Waals surface area contributed by atoms with Gasteiger partial charge in [-0.3, -0.25) is 9.79 Å². The van der Waals surface area contributed by atoms with Crippen LogP contribution in [0.5, 0.6) is 0 Å². The second-order valence-corrected chi connectivity index (χ2v) is 5.58. The summed E-state index contributed by atoms with van der Waals surface area (Å²) >= 11 is 0. The summed E-state index contributed by atoms with van der Waals surface area (Å²) in [6.45, 7) is 7.30. The predicted molar refractivity (Wildman–Crippen MR) is 95.9 cm³/mol. The first-order valence-corrected chi connectivity index (χ1v) is 8.36. The second-order valence-electron chi connectivity index (χ2n) is 5.58. The minimum absolute atomic E-state index is 0.235. The maximum absolute atomic E-state index is 11.1. The Hall–Kier alpha value is -2.08. The number of nitrogens with zero attached hydrogens (tertiary/aromatic N) is 1. The Labute approximate surface area is 144 Å². The van der Waals surface area contributed by atoms with Gasteiger partial charge in [-0.2, -0.15) is 0 Å². The van der Waals surface area contributed by atoms with Crippen molar-refractivity contribution in [2.45, 2.75) is 26.9 Å². The van der Waals surface area contributed by atoms with E-state index < -0.39 is 0 Å². The van der Waals surface area contributed by atoms with E-state index in [-0.39, 0.29) is 5.97 Å². The van der Waals surface area contributed by atoms with Crippen LogP contribution in [0, 0.1) is 5.92 Å². The molecule has 0 fully saturated rings. The molecule has 0 aliphatic rings. The molecule has 1 aromatic carbocycles. The van der Waals surface area contributed by atoms with Gasteiger partial charge in [-0.15, -0.1) is 0 Å². The Morgan fingerprint density at radius 2 is 2.00 bits per heavy atom. The average molecular weight is 335 g/mol. The summed E-state index contributed by atoms with van der Waals surface area (Å²) in [6.07, 6.45) is 0.316. The van der Waals surface area contributed by atoms with Gasteiger partial charge in [-0.1, -0.05) is 37.3 Å². The molecule has 0 amide bonds. The van der Waals surface area contributed by atoms with Crippen LogP contribution in [0.15, 0.2) is 35.3 Å². The van der Waals surface area contributed by atoms with E-state index >= 15 is 0 Å². The number of ether oxygens (including phenoxy) is 2. The SMILES string of the molecule is CCNC(=NCC(C)COCc1ccccc1)NCCC(=O)OC. The van der Waals surface area contributed by atoms with Crippen LogP contribution in [-0.2, 0) is 20.9 Å². The summed E-state index contributed by atoms with van der Waals surface area (Å²) in [5.41, 5.74) is 1.17. The van der Waals surface area contributed by atoms with E-state index in [0.29, 0.717) is 44.6 Å². The molecule has 1 rings (SSSR count). The van der Waals surface area contributed by atoms with E-state index in [0.717, 1.165) is 6.54 Å². The summed E-state index contributed by atoms with van der Waals surface area (Å²) in [5, 5.41) is 6.28. The molecular formula is C18H29N3O3. The first-order chi connectivity index (χ1) is 11.7. The molecule has 0 spiro atoms. The standard InChI is InChI=1S/C18H29N3O3/c1-4-19-18(20-11-10-17(22)23-3)21-12-15(2)13-24-14-16-8-6-5-7-9-16/h5-9,15H,4,10-14H2,1-3H3,(H2,19,20,21). The zero-order valence-electron chi connectivity index (χ0n) is 14.9. The van der Waals surface area contributed by atoms with Crippen LogP contribution in [0.2, 0.25) is 0 Å². The molecule has 0 saturated heterocycles. The lowest BCUT2D eigenvalue weighted by Gasteiger charge is -2.13. The second kappa shape index (κ2) is 12.4. The zero-order chi connectivity index (χ0) is 17.6. The number of rotatable bonds is 10. The van der Waals surface area contributed by atoms with Gasteiger partial charge in [-0.05, 0) is 18.4 Å². The number of methoxy groups -OCH3 is 1. The molecule has 0 aliphatic heterocycles. The number of aliphatic imine (C=N–C) groups is 1. The maximum atomic E-state index is 11.1. The van der Waals surface area contributed by atoms with Gasteiger partial charge >= 0.3 is 5.97 Å². The molecule has 0 heterocycles. The lowest BCUT2D eigenvalue weighted by atomic mass is 10.2. The van der Waals surface area contributed by atoms with Crippen molar-refractivity contribution in [3.05, 3.63) is 35.9 Å². The number of hydrogen-bond acceptors (Lipinski definition) is 4. The average Bonchev–Trinajstić information content (AvgIpc) is 2.60. The Kier molecular flexibility index (Phi) is 10.3. The smallest absolute Gasteiger partial charge is 0.307 e. The molecule has 0 radical (unpaired) electrons. The molecule has 134 valence electrons. The fourth-order valence-electron chi connectivity index (χ4n) is 1.98. The topological polar surface area (TPSA) is 72.0 Å². The molecule has 0 bridgehead atoms. The minimum atomic E-state index is -0.235. The third kappa shape index (κ3) is 9.15. The summed E-state index contributed by atoms with van der Waals surface area (Å²) in [7, 11) is 1.39. The van der Waals surface area contributed by atoms with E-state index in [9.17, 15) is 4.79 Å². The summed E-state index contributed by atoms with van der Waals surface area (Å²) in [5.74, 6) is 0.780. The van der Waals surface area contributed by atoms with Crippen LogP contribution < -0.4 is 10.6 Å². The number of nitrogens with one attached hydrogen (secondary N) is 2. The molecule has 1 aromatic rings. The molecule has 0 aliphatic carbocycles. The van der Waals surface area contributed by atoms with Gasteiger partial charge in [0.2, 0.25) is 0 Å². The molecule has 1 unspecified atom stereocenters. The van der Waals surface area contributed by atoms with Crippen molar-refractivity contribution in [2.75, 3.05) is 33.4 Å². The number of benzene rings is 1. The number of carbonyl (C=O) groups excluding carboxylic acids is 1. The molecule has 0 aromatic heterocycles. The lowest BCUT2D eigenvalue weighted by molar-refractivity contribution is -0.140. The van der Waals surface area contributed by atoms with Crippen molar-refractivity contribution in [3.8, 4) is 0 Å². The van der Waals surface area contributed by atoms with E-state index in [2.05, 4.69) is 39.4 Å². The molecule has 1 atom stereocenters. The first kappa shape index (κ1) is 20.0. The lowest BCUT2D eigenvalue weighted by Crippen LogP contribution is -2.38. The summed E-state index contributed by atoms with van der Waals surface area (Å²) < 4.78 is 10.3. The van der Waals surface area contributed by atoms with Gasteiger partial charge in [0, 0.05) is 19.6 Å². The Morgan fingerprint density at radius 3 is 2.67 bits per heavy atom. The zero-order valence-corrected chi connectivity index (χ0v) is 14.9. The van der Waals surface area contributed by atoms with Crippen LogP contribution >= 0.6 is 0 Å². The van der Waals surface area contributed by atoms with Gasteiger partial charge in [-0.25, -0.2) is 0 Å². The Bertz CT molecular complexity index is 492. The fraction of sp³-hybridized carbons (Fsp3) is 0.556. The summed E-state index contributed by atoms with van der Waals surface area (Å²) in [4.78, 5) is 15.6. The number of guanidine groups is 1. The molecule has 2 N–H and O–H groups in total. The highest BCUT2D eigenvalue weighted by Gasteiger charge is 2.05. The highest BCUT2D eigenvalue weighted by molar-refractivity contribution is 5.80. The third-order valence-corrected chi connectivity index (χ3v) is 3.27. The minimum Gasteiger partial charge on any atom is -0.469 e. The number of carbonyl (C=O) groups is 1. The van der Waals surface area contributed by atoms with Gasteiger partial charge in [0.1, 0.15) is 0 Å². The van der Waals surface area contributed by atoms with Crippen LogP contribution in [-0.4, -0.2) is 45.3 Å². The van der Waals surface area contributed by atoms with Crippen molar-refractivity contribution < 1.29 is 14.3 Å². The highest BCUT2D eigenvalue weighted by atomic mass is 16.5. The fourth-order valence-corrected chi connectivity index (χ4v) is 1.98. The molecule has 6 nitrogen and oxygen atoms in total. The van der Waals surface area contributed by atoms with Crippen LogP contribution in [0.3, 0.4) is 0 Å². The van der Waals surface area contributed by atoms with E-state index in [1.807, 2.05) is 25.1 Å². The van der Waals surface area contributed by atoms with Crippen molar-refractivity contribution in [2.24, 2.45) is 10.9 Å². The Balaban J connectivity index is 2.28. The first-order valence-electron chi connectivity index (χ1n) is 8.36. The number of hydrogen-bond donors (Lipinski definition) is 2. The largest absolute Gasteiger partial charge is 0.469 e. The van der Waals surface area contributed by atoms with E-state index in [4.69, 9.17) is 4.74 Å². The van der Waals surface area contributed by atoms with Crippen molar-refractivity contribution in [3.63, 3.8) is 0 Å². The van der Waals surface area contributed by atoms with E-state index in [1.165, 1.54) is 12.7 Å². The molecule has 0 saturated carbocycles. The van der Waals surface area contributed by atoms with Crippen LogP contribution in [0.1, 0.15) is 25.8 Å². The van der Waals surface area contributed by atoms with Crippen molar-refractivity contribution in [1.82, 2.24) is 10.6 Å². The van der Waals surface area contributed by atoms with Gasteiger partial charge in [0.25, 0.3) is 0 Å². The molecule has 6 heteroatoms. The van der Waals surface area contributed by atoms with Gasteiger partial charge in [0.05, 0.1) is 26.7 Å². The van der Waals surface area contributed by atoms with Gasteiger partial charge < -0.3 is 20.1 Å². The monoisotopic (exact) mass is 335 g/mol. The Morgan fingerprint density at radius 1 is 1.25 bits per heavy atom. The van der Waals surface area contributed by atoms with Gasteiger partial charge in [0.15, 0.2) is 5.96 Å². The summed E-state index contributed by atoms with van der Waals surface area (Å²) in [6, 6.07) is 10.1. The maximum Gasteiger partial charge on any atom is 0.307 e.